The molecule has 1 unspecified atom stereocenters. The molecule has 0 aliphatic carbocycles. The average Bonchev–Trinajstić information content (AvgIpc) is 2.97. The predicted molar refractivity (Wildman–Crippen MR) is 91.3 cm³/mol. The second kappa shape index (κ2) is 6.41. The molecule has 0 saturated carbocycles. The molecule has 1 aromatic carbocycles. The number of thiophene rings is 1. The van der Waals surface area contributed by atoms with Crippen LogP contribution in [-0.2, 0) is 17.8 Å². The first-order chi connectivity index (χ1) is 10.6. The van der Waals surface area contributed by atoms with Gasteiger partial charge >= 0.3 is 0 Å². The van der Waals surface area contributed by atoms with Gasteiger partial charge in [0.15, 0.2) is 0 Å². The monoisotopic (exact) mass is 334 g/mol. The van der Waals surface area contributed by atoms with Gasteiger partial charge in [-0.2, -0.15) is 0 Å². The van der Waals surface area contributed by atoms with Gasteiger partial charge in [0.05, 0.1) is 0 Å². The van der Waals surface area contributed by atoms with E-state index in [2.05, 4.69) is 16.3 Å². The largest absolute Gasteiger partial charge is 0.347 e. The highest BCUT2D eigenvalue weighted by atomic mass is 35.5. The van der Waals surface area contributed by atoms with Crippen LogP contribution >= 0.6 is 22.9 Å². The molecule has 2 aromatic rings. The third-order valence-electron chi connectivity index (χ3n) is 4.08. The van der Waals surface area contributed by atoms with Crippen LogP contribution in [0.15, 0.2) is 35.7 Å². The minimum atomic E-state index is -0.322. The molecule has 0 saturated heterocycles. The van der Waals surface area contributed by atoms with E-state index < -0.39 is 0 Å². The normalized spacial score (nSPS) is 16.1. The Morgan fingerprint density at radius 3 is 2.82 bits per heavy atom. The van der Waals surface area contributed by atoms with Crippen LogP contribution in [0.1, 0.15) is 22.0 Å². The van der Waals surface area contributed by atoms with Crippen molar-refractivity contribution < 1.29 is 4.79 Å². The topological polar surface area (TPSA) is 23.6 Å². The Balaban J connectivity index is 1.97. The summed E-state index contributed by atoms with van der Waals surface area (Å²) in [7, 11) is 3.60. The van der Waals surface area contributed by atoms with Gasteiger partial charge in [0.25, 0.3) is 0 Å². The maximum Gasteiger partial charge on any atom is 0.244 e. The summed E-state index contributed by atoms with van der Waals surface area (Å²) in [6.07, 6.45) is 0.995. The van der Waals surface area contributed by atoms with Crippen LogP contribution in [0, 0.1) is 0 Å². The molecule has 0 radical (unpaired) electrons. The Kier molecular flexibility index (Phi) is 4.52. The van der Waals surface area contributed by atoms with E-state index in [0.29, 0.717) is 5.02 Å². The summed E-state index contributed by atoms with van der Waals surface area (Å²) >= 11 is 8.18. The summed E-state index contributed by atoms with van der Waals surface area (Å²) < 4.78 is 0. The van der Waals surface area contributed by atoms with Crippen molar-refractivity contribution in [2.45, 2.75) is 19.0 Å². The maximum atomic E-state index is 12.8. The van der Waals surface area contributed by atoms with Gasteiger partial charge in [-0.05, 0) is 35.1 Å². The number of benzene rings is 1. The summed E-state index contributed by atoms with van der Waals surface area (Å²) in [5, 5.41) is 2.78. The van der Waals surface area contributed by atoms with Crippen molar-refractivity contribution in [1.82, 2.24) is 9.80 Å². The number of carbonyl (C=O) groups excluding carboxylic acids is 1. The fraction of sp³-hybridized carbons (Fsp3) is 0.353. The number of amides is 1. The molecular weight excluding hydrogens is 316 g/mol. The summed E-state index contributed by atoms with van der Waals surface area (Å²) in [4.78, 5) is 18.1. The summed E-state index contributed by atoms with van der Waals surface area (Å²) in [6, 6.07) is 9.49. The van der Waals surface area contributed by atoms with E-state index in [9.17, 15) is 4.79 Å². The van der Waals surface area contributed by atoms with Crippen molar-refractivity contribution in [3.8, 4) is 0 Å². The van der Waals surface area contributed by atoms with Crippen LogP contribution in [0.3, 0.4) is 0 Å². The lowest BCUT2D eigenvalue weighted by Gasteiger charge is -2.35. The molecule has 1 atom stereocenters. The van der Waals surface area contributed by atoms with Crippen molar-refractivity contribution in [3.63, 3.8) is 0 Å². The fourth-order valence-electron chi connectivity index (χ4n) is 2.92. The zero-order chi connectivity index (χ0) is 15.7. The molecule has 0 spiro atoms. The van der Waals surface area contributed by atoms with Gasteiger partial charge in [-0.1, -0.05) is 29.8 Å². The van der Waals surface area contributed by atoms with Crippen LogP contribution in [0.25, 0.3) is 0 Å². The van der Waals surface area contributed by atoms with Gasteiger partial charge in [-0.25, -0.2) is 0 Å². The molecular formula is C17H19ClN2OS. The van der Waals surface area contributed by atoms with E-state index in [1.54, 1.807) is 30.3 Å². The van der Waals surface area contributed by atoms with Crippen molar-refractivity contribution in [2.75, 3.05) is 20.6 Å². The van der Waals surface area contributed by atoms with Gasteiger partial charge in [0.2, 0.25) is 5.91 Å². The third kappa shape index (κ3) is 2.91. The van der Waals surface area contributed by atoms with Gasteiger partial charge in [-0.3, -0.25) is 9.69 Å². The molecule has 5 heteroatoms. The highest BCUT2D eigenvalue weighted by Crippen LogP contribution is 2.34. The average molecular weight is 335 g/mol. The molecule has 22 heavy (non-hydrogen) atoms. The minimum Gasteiger partial charge on any atom is -0.347 e. The first-order valence-electron chi connectivity index (χ1n) is 7.33. The van der Waals surface area contributed by atoms with E-state index in [0.717, 1.165) is 25.1 Å². The predicted octanol–water partition coefficient (Wildman–Crippen LogP) is 3.59. The van der Waals surface area contributed by atoms with Gasteiger partial charge < -0.3 is 4.90 Å². The van der Waals surface area contributed by atoms with Crippen molar-refractivity contribution >= 4 is 28.8 Å². The zero-order valence-corrected chi connectivity index (χ0v) is 14.3. The van der Waals surface area contributed by atoms with Gasteiger partial charge in [-0.15, -0.1) is 11.3 Å². The molecule has 1 aliphatic heterocycles. The van der Waals surface area contributed by atoms with Crippen molar-refractivity contribution in [2.24, 2.45) is 0 Å². The van der Waals surface area contributed by atoms with E-state index in [1.165, 1.54) is 10.4 Å². The second-order valence-electron chi connectivity index (χ2n) is 5.75. The Bertz CT molecular complexity index is 683. The fourth-order valence-corrected chi connectivity index (χ4v) is 4.05. The molecule has 3 nitrogen and oxygen atoms in total. The third-order valence-corrected chi connectivity index (χ3v) is 5.44. The van der Waals surface area contributed by atoms with Crippen LogP contribution in [0.5, 0.6) is 0 Å². The quantitative estimate of drug-likeness (QED) is 0.856. The first-order valence-corrected chi connectivity index (χ1v) is 8.58. The second-order valence-corrected chi connectivity index (χ2v) is 7.15. The lowest BCUT2D eigenvalue weighted by molar-refractivity contribution is -0.135. The Morgan fingerprint density at radius 2 is 2.09 bits per heavy atom. The standard InChI is InChI=1S/C17H19ClN2OS/c1-19(2)17(21)16(13-5-3-4-6-14(13)18)20-9-7-15-12(11-20)8-10-22-15/h3-6,8,10,16H,7,9,11H2,1-2H3. The SMILES string of the molecule is CN(C)C(=O)C(c1ccccc1Cl)N1CCc2sccc2C1. The molecule has 116 valence electrons. The van der Waals surface area contributed by atoms with E-state index in [1.807, 2.05) is 24.3 Å². The molecule has 0 fully saturated rings. The van der Waals surface area contributed by atoms with Crippen LogP contribution in [0.2, 0.25) is 5.02 Å². The smallest absolute Gasteiger partial charge is 0.244 e. The van der Waals surface area contributed by atoms with Crippen LogP contribution < -0.4 is 0 Å². The number of hydrogen-bond acceptors (Lipinski definition) is 3. The molecule has 0 bridgehead atoms. The van der Waals surface area contributed by atoms with Crippen LogP contribution in [-0.4, -0.2) is 36.3 Å². The summed E-state index contributed by atoms with van der Waals surface area (Å²) in [5.74, 6) is 0.0757. The molecule has 1 aromatic heterocycles. The number of nitrogens with zero attached hydrogens (tertiary/aromatic N) is 2. The summed E-state index contributed by atoms with van der Waals surface area (Å²) in [5.41, 5.74) is 2.22. The zero-order valence-electron chi connectivity index (χ0n) is 12.8. The molecule has 3 rings (SSSR count). The molecule has 1 amide bonds. The minimum absolute atomic E-state index is 0.0757. The number of likely N-dealkylation sites (N-methyl/N-ethyl adjacent to an activating group) is 1. The highest BCUT2D eigenvalue weighted by molar-refractivity contribution is 7.10. The number of carbonyl (C=O) groups is 1. The lowest BCUT2D eigenvalue weighted by Crippen LogP contribution is -2.42. The molecule has 2 heterocycles. The highest BCUT2D eigenvalue weighted by Gasteiger charge is 2.32. The summed E-state index contributed by atoms with van der Waals surface area (Å²) in [6.45, 7) is 1.68. The number of hydrogen-bond donors (Lipinski definition) is 0. The Labute approximate surface area is 140 Å². The molecule has 1 aliphatic rings. The van der Waals surface area contributed by atoms with Gasteiger partial charge in [0, 0.05) is 37.1 Å². The van der Waals surface area contributed by atoms with Crippen molar-refractivity contribution in [3.05, 3.63) is 56.7 Å². The Hall–Kier alpha value is -1.36. The number of rotatable bonds is 3. The van der Waals surface area contributed by atoms with Crippen molar-refractivity contribution in [1.29, 1.82) is 0 Å². The first kappa shape index (κ1) is 15.5. The van der Waals surface area contributed by atoms with E-state index >= 15 is 0 Å². The van der Waals surface area contributed by atoms with E-state index in [4.69, 9.17) is 11.6 Å². The van der Waals surface area contributed by atoms with Gasteiger partial charge in [0.1, 0.15) is 6.04 Å². The lowest BCUT2D eigenvalue weighted by atomic mass is 10.00. The maximum absolute atomic E-state index is 12.8. The van der Waals surface area contributed by atoms with E-state index in [-0.39, 0.29) is 11.9 Å². The van der Waals surface area contributed by atoms with Crippen LogP contribution in [0.4, 0.5) is 0 Å². The molecule has 0 N–H and O–H groups in total. The number of halogens is 1. The Morgan fingerprint density at radius 1 is 1.32 bits per heavy atom. The number of fused-ring (bicyclic) bond motifs is 1.